The molecule has 1 aliphatic rings. The fraction of sp³-hybridized carbons (Fsp3) is 0.182. The van der Waals surface area contributed by atoms with E-state index in [4.69, 9.17) is 4.74 Å². The summed E-state index contributed by atoms with van der Waals surface area (Å²) in [7, 11) is 0. The predicted molar refractivity (Wildman–Crippen MR) is 106 cm³/mol. The molecule has 1 atom stereocenters. The minimum atomic E-state index is -1.35. The van der Waals surface area contributed by atoms with Crippen LogP contribution < -0.4 is 20.1 Å². The van der Waals surface area contributed by atoms with Crippen molar-refractivity contribution in [3.05, 3.63) is 64.7 Å². The number of carbonyl (C=O) groups is 4. The molecule has 8 heteroatoms. The van der Waals surface area contributed by atoms with E-state index in [1.54, 1.807) is 24.3 Å². The van der Waals surface area contributed by atoms with Crippen molar-refractivity contribution in [2.45, 2.75) is 26.9 Å². The molecule has 4 amide bonds. The molecule has 3 rings (SSSR count). The van der Waals surface area contributed by atoms with Crippen LogP contribution in [0.3, 0.4) is 0 Å². The molecule has 1 heterocycles. The summed E-state index contributed by atoms with van der Waals surface area (Å²) in [5, 5.41) is 12.9. The van der Waals surface area contributed by atoms with E-state index >= 15 is 0 Å². The van der Waals surface area contributed by atoms with Gasteiger partial charge in [0.2, 0.25) is 0 Å². The van der Waals surface area contributed by atoms with Gasteiger partial charge in [-0.05, 0) is 67.8 Å². The van der Waals surface area contributed by atoms with Crippen molar-refractivity contribution in [1.82, 2.24) is 5.32 Å². The Morgan fingerprint density at radius 3 is 2.23 bits per heavy atom. The molecule has 154 valence electrons. The Bertz CT molecular complexity index is 1050. The van der Waals surface area contributed by atoms with Crippen LogP contribution in [0.2, 0.25) is 0 Å². The van der Waals surface area contributed by atoms with Gasteiger partial charge in [0.05, 0.1) is 11.7 Å². The topological polar surface area (TPSA) is 116 Å². The molecule has 0 radical (unpaired) electrons. The van der Waals surface area contributed by atoms with Crippen LogP contribution in [0.4, 0.5) is 10.5 Å². The Balaban J connectivity index is 1.90. The third-order valence-electron chi connectivity index (χ3n) is 4.40. The number of urea groups is 1. The second kappa shape index (κ2) is 8.20. The predicted octanol–water partition coefficient (Wildman–Crippen LogP) is 1.49. The van der Waals surface area contributed by atoms with Crippen molar-refractivity contribution in [3.8, 4) is 5.75 Å². The number of barbiturate groups is 1. The quantitative estimate of drug-likeness (QED) is 0.593. The molecule has 2 aromatic carbocycles. The molecular weight excluding hydrogens is 388 g/mol. The first-order valence-corrected chi connectivity index (χ1v) is 9.13. The highest BCUT2D eigenvalue weighted by atomic mass is 16.5. The van der Waals surface area contributed by atoms with Gasteiger partial charge in [0.25, 0.3) is 11.8 Å². The van der Waals surface area contributed by atoms with Gasteiger partial charge >= 0.3 is 6.03 Å². The highest BCUT2D eigenvalue weighted by Crippen LogP contribution is 2.24. The number of aliphatic carboxylic acids is 1. The van der Waals surface area contributed by atoms with E-state index in [-0.39, 0.29) is 5.57 Å². The maximum Gasteiger partial charge on any atom is 0.335 e. The van der Waals surface area contributed by atoms with Crippen molar-refractivity contribution >= 4 is 35.6 Å². The fourth-order valence-corrected chi connectivity index (χ4v) is 3.03. The SMILES string of the molecule is Cc1cc(C)cc(N2C(=O)NC(=O)/C(=C\c3ccc(O[C@@H](C)C(=O)[O-])cc3)C2=O)c1. The lowest BCUT2D eigenvalue weighted by atomic mass is 10.1. The van der Waals surface area contributed by atoms with E-state index in [1.165, 1.54) is 25.1 Å². The zero-order valence-electron chi connectivity index (χ0n) is 16.6. The number of carboxylic acids is 1. The lowest BCUT2D eigenvalue weighted by molar-refractivity contribution is -0.312. The second-order valence-corrected chi connectivity index (χ2v) is 6.95. The first-order chi connectivity index (χ1) is 14.2. The minimum absolute atomic E-state index is 0.203. The molecule has 0 aromatic heterocycles. The summed E-state index contributed by atoms with van der Waals surface area (Å²) >= 11 is 0. The Kier molecular flexibility index (Phi) is 5.68. The van der Waals surface area contributed by atoms with Crippen molar-refractivity contribution in [2.75, 3.05) is 4.90 Å². The average Bonchev–Trinajstić information content (AvgIpc) is 2.65. The van der Waals surface area contributed by atoms with Crippen molar-refractivity contribution < 1.29 is 29.0 Å². The molecule has 1 N–H and O–H groups in total. The van der Waals surface area contributed by atoms with Gasteiger partial charge in [-0.1, -0.05) is 18.2 Å². The maximum absolute atomic E-state index is 12.9. The van der Waals surface area contributed by atoms with Crippen LogP contribution in [-0.4, -0.2) is 29.9 Å². The van der Waals surface area contributed by atoms with E-state index in [9.17, 15) is 24.3 Å². The number of nitrogens with zero attached hydrogens (tertiary/aromatic N) is 1. The van der Waals surface area contributed by atoms with Crippen molar-refractivity contribution in [2.24, 2.45) is 0 Å². The van der Waals surface area contributed by atoms with Gasteiger partial charge in [-0.25, -0.2) is 9.69 Å². The number of carbonyl (C=O) groups excluding carboxylic acids is 4. The molecule has 0 bridgehead atoms. The van der Waals surface area contributed by atoms with Gasteiger partial charge in [-0.3, -0.25) is 14.9 Å². The summed E-state index contributed by atoms with van der Waals surface area (Å²) in [6, 6.07) is 10.6. The molecule has 1 saturated heterocycles. The summed E-state index contributed by atoms with van der Waals surface area (Å²) in [6.07, 6.45) is 0.225. The van der Waals surface area contributed by atoms with E-state index in [2.05, 4.69) is 5.32 Å². The third-order valence-corrected chi connectivity index (χ3v) is 4.40. The standard InChI is InChI=1S/C22H20N2O6/c1-12-8-13(2)10-16(9-12)24-20(26)18(19(25)23-22(24)29)11-15-4-6-17(7-5-15)30-14(3)21(27)28/h4-11,14H,1-3H3,(H,27,28)(H,23,25,29)/p-1/b18-11+/t14-/m0/s1. The van der Waals surface area contributed by atoms with Gasteiger partial charge in [-0.15, -0.1) is 0 Å². The van der Waals surface area contributed by atoms with Gasteiger partial charge in [0.1, 0.15) is 17.4 Å². The summed E-state index contributed by atoms with van der Waals surface area (Å²) in [4.78, 5) is 49.2. The normalized spacial score (nSPS) is 16.4. The largest absolute Gasteiger partial charge is 0.546 e. The fourth-order valence-electron chi connectivity index (χ4n) is 3.03. The maximum atomic E-state index is 12.9. The molecule has 0 spiro atoms. The number of rotatable bonds is 5. The first-order valence-electron chi connectivity index (χ1n) is 9.13. The highest BCUT2D eigenvalue weighted by molar-refractivity contribution is 6.39. The van der Waals surface area contributed by atoms with Gasteiger partial charge in [0.15, 0.2) is 0 Å². The number of hydrogen-bond acceptors (Lipinski definition) is 6. The van der Waals surface area contributed by atoms with Crippen LogP contribution in [0.1, 0.15) is 23.6 Å². The number of benzene rings is 2. The van der Waals surface area contributed by atoms with E-state index in [0.29, 0.717) is 17.0 Å². The molecule has 0 aliphatic carbocycles. The zero-order chi connectivity index (χ0) is 22.0. The first kappa shape index (κ1) is 20.8. The van der Waals surface area contributed by atoms with Crippen LogP contribution >= 0.6 is 0 Å². The van der Waals surface area contributed by atoms with Gasteiger partial charge in [0, 0.05) is 0 Å². The van der Waals surface area contributed by atoms with E-state index in [1.807, 2.05) is 19.9 Å². The minimum Gasteiger partial charge on any atom is -0.546 e. The smallest absolute Gasteiger partial charge is 0.335 e. The van der Waals surface area contributed by atoms with Crippen LogP contribution in [0.5, 0.6) is 5.75 Å². The second-order valence-electron chi connectivity index (χ2n) is 6.95. The molecular formula is C22H19N2O6-. The van der Waals surface area contributed by atoms with Crippen LogP contribution in [0, 0.1) is 13.8 Å². The molecule has 1 aliphatic heterocycles. The summed E-state index contributed by atoms with van der Waals surface area (Å²) < 4.78 is 5.19. The summed E-state index contributed by atoms with van der Waals surface area (Å²) in [5.74, 6) is -2.58. The Labute approximate surface area is 172 Å². The van der Waals surface area contributed by atoms with Gasteiger partial charge in [-0.2, -0.15) is 0 Å². The van der Waals surface area contributed by atoms with Crippen molar-refractivity contribution in [3.63, 3.8) is 0 Å². The van der Waals surface area contributed by atoms with E-state index < -0.39 is 29.9 Å². The third kappa shape index (κ3) is 4.38. The Hall–Kier alpha value is -3.94. The Morgan fingerprint density at radius 1 is 1.07 bits per heavy atom. The van der Waals surface area contributed by atoms with E-state index in [0.717, 1.165) is 16.0 Å². The van der Waals surface area contributed by atoms with Crippen LogP contribution in [-0.2, 0) is 14.4 Å². The molecule has 1 fully saturated rings. The molecule has 2 aromatic rings. The lowest BCUT2D eigenvalue weighted by Gasteiger charge is -2.27. The summed E-state index contributed by atoms with van der Waals surface area (Å²) in [6.45, 7) is 5.03. The van der Waals surface area contributed by atoms with Crippen molar-refractivity contribution in [1.29, 1.82) is 0 Å². The highest BCUT2D eigenvalue weighted by Gasteiger charge is 2.36. The number of anilines is 1. The molecule has 0 unspecified atom stereocenters. The number of imide groups is 2. The number of carboxylic acid groups (broad SMARTS) is 1. The Morgan fingerprint density at radius 2 is 1.67 bits per heavy atom. The summed E-state index contributed by atoms with van der Waals surface area (Å²) in [5.41, 5.74) is 2.40. The molecule has 8 nitrogen and oxygen atoms in total. The molecule has 0 saturated carbocycles. The van der Waals surface area contributed by atoms with Crippen LogP contribution in [0.15, 0.2) is 48.0 Å². The number of amides is 4. The molecule has 30 heavy (non-hydrogen) atoms. The van der Waals surface area contributed by atoms with Crippen LogP contribution in [0.25, 0.3) is 6.08 Å². The number of hydrogen-bond donors (Lipinski definition) is 1. The average molecular weight is 407 g/mol. The lowest BCUT2D eigenvalue weighted by Crippen LogP contribution is -2.54. The monoisotopic (exact) mass is 407 g/mol. The number of ether oxygens (including phenoxy) is 1. The zero-order valence-corrected chi connectivity index (χ0v) is 16.6. The number of nitrogens with one attached hydrogen (secondary N) is 1. The van der Waals surface area contributed by atoms with Gasteiger partial charge < -0.3 is 14.6 Å². The number of aryl methyl sites for hydroxylation is 2.